The molecule has 2 rings (SSSR count). The molecule has 21 heavy (non-hydrogen) atoms. The molecule has 0 bridgehead atoms. The second-order valence-electron chi connectivity index (χ2n) is 4.75. The molecule has 0 radical (unpaired) electrons. The average Bonchev–Trinajstić information content (AvgIpc) is 2.51. The van der Waals surface area contributed by atoms with Crippen molar-refractivity contribution in [3.05, 3.63) is 58.6 Å². The standard InChI is InChI=1S/C17H20ClNO2/c1-20-16-7-6-13(11-17(16)21-2)8-9-19-12-14-4-3-5-15(18)10-14/h3-7,10-11,19H,8-9,12H2,1-2H3. The lowest BCUT2D eigenvalue weighted by molar-refractivity contribution is 0.354. The van der Waals surface area contributed by atoms with E-state index in [0.29, 0.717) is 0 Å². The van der Waals surface area contributed by atoms with Crippen molar-refractivity contribution in [2.75, 3.05) is 20.8 Å². The molecule has 0 saturated carbocycles. The van der Waals surface area contributed by atoms with E-state index in [4.69, 9.17) is 21.1 Å². The van der Waals surface area contributed by atoms with Crippen molar-refractivity contribution in [1.29, 1.82) is 0 Å². The van der Waals surface area contributed by atoms with E-state index >= 15 is 0 Å². The molecule has 0 saturated heterocycles. The Labute approximate surface area is 130 Å². The van der Waals surface area contributed by atoms with Gasteiger partial charge in [-0.2, -0.15) is 0 Å². The van der Waals surface area contributed by atoms with Crippen LogP contribution < -0.4 is 14.8 Å². The highest BCUT2D eigenvalue weighted by Gasteiger charge is 2.04. The molecule has 4 heteroatoms. The Hall–Kier alpha value is -1.71. The Morgan fingerprint density at radius 1 is 0.952 bits per heavy atom. The highest BCUT2D eigenvalue weighted by molar-refractivity contribution is 6.30. The van der Waals surface area contributed by atoms with Crippen LogP contribution in [0.15, 0.2) is 42.5 Å². The summed E-state index contributed by atoms with van der Waals surface area (Å²) < 4.78 is 10.5. The summed E-state index contributed by atoms with van der Waals surface area (Å²) in [6.07, 6.45) is 0.931. The second kappa shape index (κ2) is 7.91. The number of hydrogen-bond donors (Lipinski definition) is 1. The number of benzene rings is 2. The van der Waals surface area contributed by atoms with Crippen LogP contribution in [0, 0.1) is 0 Å². The van der Waals surface area contributed by atoms with E-state index in [9.17, 15) is 0 Å². The number of nitrogens with one attached hydrogen (secondary N) is 1. The normalized spacial score (nSPS) is 10.4. The minimum Gasteiger partial charge on any atom is -0.493 e. The van der Waals surface area contributed by atoms with Crippen LogP contribution in [0.4, 0.5) is 0 Å². The Kier molecular flexibility index (Phi) is 5.90. The first-order valence-corrected chi connectivity index (χ1v) is 7.27. The van der Waals surface area contributed by atoms with E-state index in [1.165, 1.54) is 11.1 Å². The number of halogens is 1. The summed E-state index contributed by atoms with van der Waals surface area (Å²) in [6, 6.07) is 13.9. The lowest BCUT2D eigenvalue weighted by Crippen LogP contribution is -2.16. The van der Waals surface area contributed by atoms with Crippen LogP contribution in [-0.4, -0.2) is 20.8 Å². The number of rotatable bonds is 7. The van der Waals surface area contributed by atoms with Crippen molar-refractivity contribution >= 4 is 11.6 Å². The summed E-state index contributed by atoms with van der Waals surface area (Å²) in [4.78, 5) is 0. The van der Waals surface area contributed by atoms with E-state index in [0.717, 1.165) is 36.0 Å². The zero-order chi connectivity index (χ0) is 15.1. The average molecular weight is 306 g/mol. The molecule has 0 spiro atoms. The third kappa shape index (κ3) is 4.66. The molecule has 0 aliphatic rings. The molecule has 0 amide bonds. The predicted molar refractivity (Wildman–Crippen MR) is 86.4 cm³/mol. The smallest absolute Gasteiger partial charge is 0.160 e. The molecule has 0 aliphatic carbocycles. The van der Waals surface area contributed by atoms with Crippen LogP contribution in [0.25, 0.3) is 0 Å². The summed E-state index contributed by atoms with van der Waals surface area (Å²) in [5.41, 5.74) is 2.40. The topological polar surface area (TPSA) is 30.5 Å². The first kappa shape index (κ1) is 15.7. The molecule has 0 atom stereocenters. The molecule has 112 valence electrons. The molecule has 0 heterocycles. The largest absolute Gasteiger partial charge is 0.493 e. The first-order chi connectivity index (χ1) is 10.2. The monoisotopic (exact) mass is 305 g/mol. The number of hydrogen-bond acceptors (Lipinski definition) is 3. The minimum absolute atomic E-state index is 0.758. The fourth-order valence-electron chi connectivity index (χ4n) is 2.15. The fourth-order valence-corrected chi connectivity index (χ4v) is 2.36. The van der Waals surface area contributed by atoms with Gasteiger partial charge in [0.2, 0.25) is 0 Å². The fraction of sp³-hybridized carbons (Fsp3) is 0.294. The Balaban J connectivity index is 1.83. The van der Waals surface area contributed by atoms with E-state index < -0.39 is 0 Å². The molecule has 0 fully saturated rings. The van der Waals surface area contributed by atoms with Crippen molar-refractivity contribution in [2.24, 2.45) is 0 Å². The van der Waals surface area contributed by atoms with Gasteiger partial charge in [-0.05, 0) is 48.4 Å². The van der Waals surface area contributed by atoms with E-state index in [2.05, 4.69) is 17.4 Å². The van der Waals surface area contributed by atoms with Crippen LogP contribution in [0.5, 0.6) is 11.5 Å². The van der Waals surface area contributed by atoms with Gasteiger partial charge < -0.3 is 14.8 Å². The molecule has 0 aliphatic heterocycles. The summed E-state index contributed by atoms with van der Waals surface area (Å²) in [5.74, 6) is 1.53. The maximum atomic E-state index is 5.96. The van der Waals surface area contributed by atoms with Crippen molar-refractivity contribution in [2.45, 2.75) is 13.0 Å². The molecular weight excluding hydrogens is 286 g/mol. The lowest BCUT2D eigenvalue weighted by Gasteiger charge is -2.10. The van der Waals surface area contributed by atoms with E-state index in [-0.39, 0.29) is 0 Å². The van der Waals surface area contributed by atoms with Gasteiger partial charge in [-0.15, -0.1) is 0 Å². The van der Waals surface area contributed by atoms with Crippen molar-refractivity contribution in [3.63, 3.8) is 0 Å². The number of ether oxygens (including phenoxy) is 2. The zero-order valence-corrected chi connectivity index (χ0v) is 13.1. The highest BCUT2D eigenvalue weighted by atomic mass is 35.5. The molecule has 0 unspecified atom stereocenters. The molecule has 1 N–H and O–H groups in total. The van der Waals surface area contributed by atoms with Gasteiger partial charge in [-0.25, -0.2) is 0 Å². The van der Waals surface area contributed by atoms with Crippen LogP contribution >= 0.6 is 11.6 Å². The Morgan fingerprint density at radius 2 is 1.76 bits per heavy atom. The van der Waals surface area contributed by atoms with Crippen molar-refractivity contribution in [1.82, 2.24) is 5.32 Å². The SMILES string of the molecule is COc1ccc(CCNCc2cccc(Cl)c2)cc1OC. The third-order valence-corrected chi connectivity index (χ3v) is 3.49. The molecular formula is C17H20ClNO2. The van der Waals surface area contributed by atoms with Gasteiger partial charge in [-0.3, -0.25) is 0 Å². The number of methoxy groups -OCH3 is 2. The highest BCUT2D eigenvalue weighted by Crippen LogP contribution is 2.27. The van der Waals surface area contributed by atoms with Gasteiger partial charge in [0, 0.05) is 11.6 Å². The van der Waals surface area contributed by atoms with E-state index in [1.807, 2.05) is 30.3 Å². The maximum absolute atomic E-state index is 5.96. The van der Waals surface area contributed by atoms with Crippen LogP contribution in [-0.2, 0) is 13.0 Å². The summed E-state index contributed by atoms with van der Waals surface area (Å²) in [7, 11) is 3.29. The summed E-state index contributed by atoms with van der Waals surface area (Å²) in [6.45, 7) is 1.70. The second-order valence-corrected chi connectivity index (χ2v) is 5.18. The lowest BCUT2D eigenvalue weighted by atomic mass is 10.1. The van der Waals surface area contributed by atoms with Gasteiger partial charge in [0.1, 0.15) is 0 Å². The third-order valence-electron chi connectivity index (χ3n) is 3.26. The van der Waals surface area contributed by atoms with Crippen LogP contribution in [0.1, 0.15) is 11.1 Å². The van der Waals surface area contributed by atoms with Gasteiger partial charge in [0.05, 0.1) is 14.2 Å². The minimum atomic E-state index is 0.758. The first-order valence-electron chi connectivity index (χ1n) is 6.89. The van der Waals surface area contributed by atoms with Crippen molar-refractivity contribution < 1.29 is 9.47 Å². The van der Waals surface area contributed by atoms with E-state index in [1.54, 1.807) is 14.2 Å². The Bertz CT molecular complexity index is 587. The zero-order valence-electron chi connectivity index (χ0n) is 12.4. The summed E-state index contributed by atoms with van der Waals surface area (Å²) in [5, 5.41) is 4.19. The van der Waals surface area contributed by atoms with Crippen molar-refractivity contribution in [3.8, 4) is 11.5 Å². The van der Waals surface area contributed by atoms with Gasteiger partial charge in [0.25, 0.3) is 0 Å². The van der Waals surface area contributed by atoms with Gasteiger partial charge >= 0.3 is 0 Å². The Morgan fingerprint density at radius 3 is 2.48 bits per heavy atom. The summed E-state index contributed by atoms with van der Waals surface area (Å²) >= 11 is 5.96. The predicted octanol–water partition coefficient (Wildman–Crippen LogP) is 3.69. The van der Waals surface area contributed by atoms with Crippen LogP contribution in [0.3, 0.4) is 0 Å². The molecule has 3 nitrogen and oxygen atoms in total. The van der Waals surface area contributed by atoms with Gasteiger partial charge in [0.15, 0.2) is 11.5 Å². The maximum Gasteiger partial charge on any atom is 0.160 e. The quantitative estimate of drug-likeness (QED) is 0.791. The van der Waals surface area contributed by atoms with Gasteiger partial charge in [-0.1, -0.05) is 29.8 Å². The molecule has 2 aromatic rings. The van der Waals surface area contributed by atoms with Crippen LogP contribution in [0.2, 0.25) is 5.02 Å². The molecule has 0 aromatic heterocycles. The molecule has 2 aromatic carbocycles.